The molecule has 138 valence electrons. The summed E-state index contributed by atoms with van der Waals surface area (Å²) in [6, 6.07) is 4.92. The summed E-state index contributed by atoms with van der Waals surface area (Å²) in [7, 11) is 0. The van der Waals surface area contributed by atoms with Crippen molar-refractivity contribution in [1.82, 2.24) is 15.1 Å². The van der Waals surface area contributed by atoms with Crippen LogP contribution in [-0.4, -0.2) is 59.6 Å². The molecule has 0 atom stereocenters. The summed E-state index contributed by atoms with van der Waals surface area (Å²) in [5.41, 5.74) is -0.0874. The molecule has 0 unspecified atom stereocenters. The van der Waals surface area contributed by atoms with Crippen LogP contribution in [0.5, 0.6) is 0 Å². The number of urea groups is 1. The van der Waals surface area contributed by atoms with Crippen LogP contribution in [0.1, 0.15) is 17.5 Å². The fourth-order valence-corrected chi connectivity index (χ4v) is 2.60. The summed E-state index contributed by atoms with van der Waals surface area (Å²) in [6.45, 7) is 2.43. The normalized spacial score (nSPS) is 15.9. The lowest BCUT2D eigenvalue weighted by atomic mass is 10.1. The van der Waals surface area contributed by atoms with Gasteiger partial charge in [-0.05, 0) is 11.6 Å². The van der Waals surface area contributed by atoms with E-state index in [1.54, 1.807) is 11.0 Å². The van der Waals surface area contributed by atoms with Crippen LogP contribution in [0.3, 0.4) is 0 Å². The number of nitrogens with one attached hydrogen (secondary N) is 1. The molecule has 0 spiro atoms. The average molecular weight is 359 g/mol. The molecule has 0 bridgehead atoms. The molecule has 1 aromatic rings. The van der Waals surface area contributed by atoms with Crippen LogP contribution < -0.4 is 5.32 Å². The van der Waals surface area contributed by atoms with E-state index in [9.17, 15) is 22.8 Å². The molecular weight excluding hydrogens is 339 g/mol. The van der Waals surface area contributed by atoms with Crippen LogP contribution in [0.2, 0.25) is 0 Å². The van der Waals surface area contributed by atoms with E-state index < -0.39 is 17.7 Å². The van der Waals surface area contributed by atoms with Crippen LogP contribution in [-0.2, 0) is 17.5 Å². The molecule has 0 radical (unpaired) electrons. The monoisotopic (exact) mass is 359 g/mol. The van der Waals surface area contributed by atoms with Gasteiger partial charge in [0.1, 0.15) is 0 Å². The molecule has 0 saturated carbocycles. The van der Waals surface area contributed by atoms with Crippen molar-refractivity contribution in [2.24, 2.45) is 0 Å². The highest BCUT2D eigenvalue weighted by Gasteiger charge is 2.30. The van der Waals surface area contributed by atoms with Crippen molar-refractivity contribution < 1.29 is 27.9 Å². The quantitative estimate of drug-likeness (QED) is 0.844. The number of amides is 2. The van der Waals surface area contributed by atoms with Gasteiger partial charge in [-0.1, -0.05) is 18.2 Å². The maximum atomic E-state index is 12.7. The SMILES string of the molecule is O=C(O)CCNC(=O)N1CCN(Cc2cccc(C(F)(F)F)c2)CC1. The molecule has 2 rings (SSSR count). The van der Waals surface area contributed by atoms with Gasteiger partial charge in [0.05, 0.1) is 12.0 Å². The van der Waals surface area contributed by atoms with Crippen molar-refractivity contribution in [3.8, 4) is 0 Å². The van der Waals surface area contributed by atoms with Gasteiger partial charge in [0.25, 0.3) is 0 Å². The van der Waals surface area contributed by atoms with E-state index in [1.165, 1.54) is 6.07 Å². The van der Waals surface area contributed by atoms with Gasteiger partial charge in [-0.3, -0.25) is 9.69 Å². The number of nitrogens with zero attached hydrogens (tertiary/aromatic N) is 2. The molecule has 1 fully saturated rings. The Bertz CT molecular complexity index is 614. The number of halogens is 3. The second-order valence-electron chi connectivity index (χ2n) is 5.84. The minimum atomic E-state index is -4.36. The Kier molecular flexibility index (Phi) is 6.24. The largest absolute Gasteiger partial charge is 0.481 e. The minimum Gasteiger partial charge on any atom is -0.481 e. The van der Waals surface area contributed by atoms with Gasteiger partial charge < -0.3 is 15.3 Å². The number of hydrogen-bond acceptors (Lipinski definition) is 3. The first-order chi connectivity index (χ1) is 11.8. The highest BCUT2D eigenvalue weighted by molar-refractivity contribution is 5.75. The van der Waals surface area contributed by atoms with Gasteiger partial charge in [0, 0.05) is 39.3 Å². The predicted octanol–water partition coefficient (Wildman–Crippen LogP) is 2.01. The van der Waals surface area contributed by atoms with E-state index in [1.807, 2.05) is 4.90 Å². The Morgan fingerprint density at radius 3 is 2.44 bits per heavy atom. The third kappa shape index (κ3) is 5.93. The number of carbonyl (C=O) groups excluding carboxylic acids is 1. The van der Waals surface area contributed by atoms with Crippen molar-refractivity contribution in [2.75, 3.05) is 32.7 Å². The number of piperazine rings is 1. The van der Waals surface area contributed by atoms with E-state index in [0.29, 0.717) is 38.3 Å². The minimum absolute atomic E-state index is 0.0681. The number of aliphatic carboxylic acids is 1. The molecule has 9 heteroatoms. The molecule has 6 nitrogen and oxygen atoms in total. The molecule has 2 N–H and O–H groups in total. The number of carboxylic acid groups (broad SMARTS) is 1. The van der Waals surface area contributed by atoms with Gasteiger partial charge in [-0.25, -0.2) is 4.79 Å². The van der Waals surface area contributed by atoms with Crippen LogP contribution >= 0.6 is 0 Å². The first-order valence-electron chi connectivity index (χ1n) is 7.89. The molecular formula is C16H20F3N3O3. The van der Waals surface area contributed by atoms with Crippen LogP contribution in [0, 0.1) is 0 Å². The lowest BCUT2D eigenvalue weighted by Crippen LogP contribution is -2.51. The maximum absolute atomic E-state index is 12.7. The van der Waals surface area contributed by atoms with Crippen LogP contribution in [0.4, 0.5) is 18.0 Å². The smallest absolute Gasteiger partial charge is 0.416 e. The summed E-state index contributed by atoms with van der Waals surface area (Å²) in [5, 5.41) is 11.1. The molecule has 1 aromatic carbocycles. The van der Waals surface area contributed by atoms with Crippen molar-refractivity contribution >= 4 is 12.0 Å². The third-order valence-electron chi connectivity index (χ3n) is 3.94. The molecule has 1 aliphatic rings. The lowest BCUT2D eigenvalue weighted by Gasteiger charge is -2.34. The van der Waals surface area contributed by atoms with Crippen LogP contribution in [0.15, 0.2) is 24.3 Å². The molecule has 0 aliphatic carbocycles. The highest BCUT2D eigenvalue weighted by atomic mass is 19.4. The molecule has 25 heavy (non-hydrogen) atoms. The number of hydrogen-bond donors (Lipinski definition) is 2. The Morgan fingerprint density at radius 1 is 1.16 bits per heavy atom. The molecule has 1 saturated heterocycles. The number of rotatable bonds is 5. The summed E-state index contributed by atoms with van der Waals surface area (Å²) < 4.78 is 38.2. The predicted molar refractivity (Wildman–Crippen MR) is 83.9 cm³/mol. The van der Waals surface area contributed by atoms with E-state index in [2.05, 4.69) is 5.32 Å². The standard InChI is InChI=1S/C16H20F3N3O3/c17-16(18,19)13-3-1-2-12(10-13)11-21-6-8-22(9-7-21)15(25)20-5-4-14(23)24/h1-3,10H,4-9,11H2,(H,20,25)(H,23,24). The summed E-state index contributed by atoms with van der Waals surface area (Å²) in [4.78, 5) is 25.9. The highest BCUT2D eigenvalue weighted by Crippen LogP contribution is 2.29. The van der Waals surface area contributed by atoms with E-state index in [4.69, 9.17) is 5.11 Å². The lowest BCUT2D eigenvalue weighted by molar-refractivity contribution is -0.138. The Balaban J connectivity index is 1.80. The molecule has 2 amide bonds. The van der Waals surface area contributed by atoms with E-state index in [-0.39, 0.29) is 19.0 Å². The second-order valence-corrected chi connectivity index (χ2v) is 5.84. The zero-order chi connectivity index (χ0) is 18.4. The first-order valence-corrected chi connectivity index (χ1v) is 7.89. The zero-order valence-electron chi connectivity index (χ0n) is 13.6. The summed E-state index contributed by atoms with van der Waals surface area (Å²) in [6.07, 6.45) is -4.50. The molecule has 1 heterocycles. The number of benzene rings is 1. The van der Waals surface area contributed by atoms with Crippen molar-refractivity contribution in [3.05, 3.63) is 35.4 Å². The topological polar surface area (TPSA) is 72.9 Å². The first kappa shape index (κ1) is 19.0. The van der Waals surface area contributed by atoms with Crippen molar-refractivity contribution in [1.29, 1.82) is 0 Å². The van der Waals surface area contributed by atoms with E-state index in [0.717, 1.165) is 12.1 Å². The molecule has 1 aliphatic heterocycles. The number of alkyl halides is 3. The van der Waals surface area contributed by atoms with E-state index >= 15 is 0 Å². The van der Waals surface area contributed by atoms with Gasteiger partial charge >= 0.3 is 18.2 Å². The van der Waals surface area contributed by atoms with Gasteiger partial charge in [-0.2, -0.15) is 13.2 Å². The number of carbonyl (C=O) groups is 2. The summed E-state index contributed by atoms with van der Waals surface area (Å²) >= 11 is 0. The fourth-order valence-electron chi connectivity index (χ4n) is 2.60. The summed E-state index contributed by atoms with van der Waals surface area (Å²) in [5.74, 6) is -0.980. The van der Waals surface area contributed by atoms with Gasteiger partial charge in [0.2, 0.25) is 0 Å². The fraction of sp³-hybridized carbons (Fsp3) is 0.500. The van der Waals surface area contributed by atoms with Gasteiger partial charge in [-0.15, -0.1) is 0 Å². The zero-order valence-corrected chi connectivity index (χ0v) is 13.6. The average Bonchev–Trinajstić information content (AvgIpc) is 2.54. The molecule has 0 aromatic heterocycles. The Morgan fingerprint density at radius 2 is 1.84 bits per heavy atom. The van der Waals surface area contributed by atoms with Gasteiger partial charge in [0.15, 0.2) is 0 Å². The second kappa shape index (κ2) is 8.19. The number of carboxylic acids is 1. The van der Waals surface area contributed by atoms with Crippen LogP contribution in [0.25, 0.3) is 0 Å². The Hall–Kier alpha value is -2.29. The van der Waals surface area contributed by atoms with Crippen molar-refractivity contribution in [2.45, 2.75) is 19.1 Å². The third-order valence-corrected chi connectivity index (χ3v) is 3.94. The maximum Gasteiger partial charge on any atom is 0.416 e. The Labute approximate surface area is 143 Å². The van der Waals surface area contributed by atoms with Crippen molar-refractivity contribution in [3.63, 3.8) is 0 Å².